The molecule has 5 nitrogen and oxygen atoms in total. The molecule has 1 amide bonds. The molecule has 1 aromatic carbocycles. The van der Waals surface area contributed by atoms with Crippen LogP contribution in [0.2, 0.25) is 0 Å². The summed E-state index contributed by atoms with van der Waals surface area (Å²) in [6.45, 7) is 4.55. The van der Waals surface area contributed by atoms with Crippen LogP contribution in [0.3, 0.4) is 0 Å². The average Bonchev–Trinajstić information content (AvgIpc) is 2.61. The standard InChI is InChI=1S/C22H32N2O3S/c1-15-3-4-16(2)20(7-15)28(26,27)24-6-5-21(25)23-14-22-11-17-8-18(12-22)10-19(9-17)13-22/h3-4,7,17-19,24H,5-6,8-14H2,1-2H3,(H,23,25). The second-order valence-corrected chi connectivity index (χ2v) is 11.3. The van der Waals surface area contributed by atoms with Crippen LogP contribution < -0.4 is 10.0 Å². The first-order valence-electron chi connectivity index (χ1n) is 10.6. The van der Waals surface area contributed by atoms with Crippen LogP contribution in [0.15, 0.2) is 23.1 Å². The molecule has 0 aliphatic heterocycles. The number of amides is 1. The van der Waals surface area contributed by atoms with E-state index in [-0.39, 0.29) is 18.9 Å². The number of nitrogens with one attached hydrogen (secondary N) is 2. The van der Waals surface area contributed by atoms with Gasteiger partial charge in [0.2, 0.25) is 15.9 Å². The third-order valence-electron chi connectivity index (χ3n) is 7.10. The predicted molar refractivity (Wildman–Crippen MR) is 109 cm³/mol. The van der Waals surface area contributed by atoms with Gasteiger partial charge in [-0.15, -0.1) is 0 Å². The first-order chi connectivity index (χ1) is 13.2. The van der Waals surface area contributed by atoms with E-state index < -0.39 is 10.0 Å². The molecule has 0 atom stereocenters. The number of benzene rings is 1. The van der Waals surface area contributed by atoms with E-state index in [0.29, 0.717) is 15.9 Å². The van der Waals surface area contributed by atoms with Crippen molar-refractivity contribution in [3.05, 3.63) is 29.3 Å². The lowest BCUT2D eigenvalue weighted by Gasteiger charge is -2.56. The fraction of sp³-hybridized carbons (Fsp3) is 0.682. The second kappa shape index (κ2) is 7.45. The molecule has 6 heteroatoms. The van der Waals surface area contributed by atoms with E-state index in [1.54, 1.807) is 13.0 Å². The Balaban J connectivity index is 1.27. The first-order valence-corrected chi connectivity index (χ1v) is 12.1. The van der Waals surface area contributed by atoms with Gasteiger partial charge in [0.1, 0.15) is 0 Å². The third-order valence-corrected chi connectivity index (χ3v) is 8.71. The van der Waals surface area contributed by atoms with Gasteiger partial charge in [-0.1, -0.05) is 12.1 Å². The van der Waals surface area contributed by atoms with E-state index >= 15 is 0 Å². The number of rotatable bonds is 7. The molecule has 4 fully saturated rings. The van der Waals surface area contributed by atoms with Gasteiger partial charge >= 0.3 is 0 Å². The van der Waals surface area contributed by atoms with E-state index in [2.05, 4.69) is 10.0 Å². The smallest absolute Gasteiger partial charge is 0.240 e. The lowest BCUT2D eigenvalue weighted by molar-refractivity contribution is -0.123. The van der Waals surface area contributed by atoms with E-state index in [1.807, 2.05) is 19.1 Å². The predicted octanol–water partition coefficient (Wildman–Crippen LogP) is 3.30. The number of carbonyl (C=O) groups is 1. The topological polar surface area (TPSA) is 75.3 Å². The molecule has 0 unspecified atom stereocenters. The summed E-state index contributed by atoms with van der Waals surface area (Å²) in [6.07, 6.45) is 8.15. The number of aryl methyl sites for hydroxylation is 2. The van der Waals surface area contributed by atoms with Gasteiger partial charge in [-0.3, -0.25) is 4.79 Å². The van der Waals surface area contributed by atoms with Gasteiger partial charge < -0.3 is 5.32 Å². The molecule has 4 saturated carbocycles. The minimum absolute atomic E-state index is 0.0561. The molecule has 5 rings (SSSR count). The molecule has 4 aliphatic rings. The molecule has 0 radical (unpaired) electrons. The molecule has 4 bridgehead atoms. The summed E-state index contributed by atoms with van der Waals surface area (Å²) in [4.78, 5) is 12.6. The van der Waals surface area contributed by atoms with Crippen LogP contribution in [0.1, 0.15) is 56.1 Å². The van der Waals surface area contributed by atoms with Crippen molar-refractivity contribution >= 4 is 15.9 Å². The van der Waals surface area contributed by atoms with Crippen LogP contribution in [0.25, 0.3) is 0 Å². The van der Waals surface area contributed by atoms with E-state index in [0.717, 1.165) is 29.9 Å². The van der Waals surface area contributed by atoms with Crippen LogP contribution >= 0.6 is 0 Å². The highest BCUT2D eigenvalue weighted by Gasteiger charge is 2.50. The van der Waals surface area contributed by atoms with Gasteiger partial charge in [-0.2, -0.15) is 0 Å². The van der Waals surface area contributed by atoms with Crippen LogP contribution in [-0.4, -0.2) is 27.4 Å². The molecule has 28 heavy (non-hydrogen) atoms. The Kier molecular flexibility index (Phi) is 5.29. The number of hydrogen-bond acceptors (Lipinski definition) is 3. The van der Waals surface area contributed by atoms with Gasteiger partial charge in [0.05, 0.1) is 4.90 Å². The Bertz CT molecular complexity index is 827. The lowest BCUT2D eigenvalue weighted by Crippen LogP contribution is -2.51. The highest BCUT2D eigenvalue weighted by Crippen LogP contribution is 2.59. The molecule has 4 aliphatic carbocycles. The van der Waals surface area contributed by atoms with Gasteiger partial charge in [0.25, 0.3) is 0 Å². The van der Waals surface area contributed by atoms with Gasteiger partial charge in [0.15, 0.2) is 0 Å². The Labute approximate surface area is 168 Å². The number of carbonyl (C=O) groups excluding carboxylic acids is 1. The molecule has 0 aromatic heterocycles. The fourth-order valence-corrected chi connectivity index (χ4v) is 7.61. The quantitative estimate of drug-likeness (QED) is 0.732. The van der Waals surface area contributed by atoms with E-state index in [4.69, 9.17) is 0 Å². The van der Waals surface area contributed by atoms with Crippen molar-refractivity contribution in [3.63, 3.8) is 0 Å². The van der Waals surface area contributed by atoms with Crippen molar-refractivity contribution in [2.75, 3.05) is 13.1 Å². The zero-order chi connectivity index (χ0) is 19.9. The Morgan fingerprint density at radius 1 is 1.07 bits per heavy atom. The van der Waals surface area contributed by atoms with Crippen molar-refractivity contribution < 1.29 is 13.2 Å². The van der Waals surface area contributed by atoms with Gasteiger partial charge in [0, 0.05) is 19.5 Å². The maximum absolute atomic E-state index is 12.5. The summed E-state index contributed by atoms with van der Waals surface area (Å²) in [5.41, 5.74) is 1.92. The van der Waals surface area contributed by atoms with Crippen molar-refractivity contribution in [2.24, 2.45) is 23.2 Å². The zero-order valence-electron chi connectivity index (χ0n) is 17.0. The molecule has 154 valence electrons. The highest BCUT2D eigenvalue weighted by molar-refractivity contribution is 7.89. The van der Waals surface area contributed by atoms with Crippen molar-refractivity contribution in [1.82, 2.24) is 10.0 Å². The largest absolute Gasteiger partial charge is 0.356 e. The van der Waals surface area contributed by atoms with Crippen LogP contribution in [-0.2, 0) is 14.8 Å². The summed E-state index contributed by atoms with van der Waals surface area (Å²) >= 11 is 0. The summed E-state index contributed by atoms with van der Waals surface area (Å²) in [5, 5.41) is 3.11. The molecule has 0 saturated heterocycles. The SMILES string of the molecule is Cc1ccc(C)c(S(=O)(=O)NCCC(=O)NCC23CC4CC(CC(C4)C2)C3)c1. The van der Waals surface area contributed by atoms with E-state index in [1.165, 1.54) is 38.5 Å². The molecular weight excluding hydrogens is 372 g/mol. The molecule has 0 spiro atoms. The fourth-order valence-electron chi connectivity index (χ4n) is 6.25. The average molecular weight is 405 g/mol. The van der Waals surface area contributed by atoms with E-state index in [9.17, 15) is 13.2 Å². The number of sulfonamides is 1. The third kappa shape index (κ3) is 4.13. The molecular formula is C22H32N2O3S. The van der Waals surface area contributed by atoms with Crippen molar-refractivity contribution in [2.45, 2.75) is 63.7 Å². The normalized spacial score (nSPS) is 31.1. The number of hydrogen-bond donors (Lipinski definition) is 2. The Hall–Kier alpha value is -1.40. The molecule has 1 aromatic rings. The Morgan fingerprint density at radius 3 is 2.29 bits per heavy atom. The van der Waals surface area contributed by atoms with Gasteiger partial charge in [-0.25, -0.2) is 13.1 Å². The first kappa shape index (κ1) is 19.9. The summed E-state index contributed by atoms with van der Waals surface area (Å²) in [7, 11) is -3.59. The van der Waals surface area contributed by atoms with Crippen molar-refractivity contribution in [1.29, 1.82) is 0 Å². The molecule has 2 N–H and O–H groups in total. The zero-order valence-corrected chi connectivity index (χ0v) is 17.8. The lowest BCUT2D eigenvalue weighted by atomic mass is 9.49. The second-order valence-electron chi connectivity index (χ2n) is 9.61. The highest BCUT2D eigenvalue weighted by atomic mass is 32.2. The summed E-state index contributed by atoms with van der Waals surface area (Å²) in [6, 6.07) is 5.37. The Morgan fingerprint density at radius 2 is 1.68 bits per heavy atom. The van der Waals surface area contributed by atoms with Crippen LogP contribution in [0.5, 0.6) is 0 Å². The molecule has 0 heterocycles. The monoisotopic (exact) mass is 404 g/mol. The minimum Gasteiger partial charge on any atom is -0.356 e. The van der Waals surface area contributed by atoms with Crippen molar-refractivity contribution in [3.8, 4) is 0 Å². The summed E-state index contributed by atoms with van der Waals surface area (Å²) < 4.78 is 27.6. The van der Waals surface area contributed by atoms with Crippen LogP contribution in [0.4, 0.5) is 0 Å². The minimum atomic E-state index is -3.59. The maximum Gasteiger partial charge on any atom is 0.240 e. The van der Waals surface area contributed by atoms with Crippen LogP contribution in [0, 0.1) is 37.0 Å². The summed E-state index contributed by atoms with van der Waals surface area (Å²) in [5.74, 6) is 2.55. The van der Waals surface area contributed by atoms with Gasteiger partial charge in [-0.05, 0) is 92.7 Å². The maximum atomic E-state index is 12.5.